The van der Waals surface area contributed by atoms with Gasteiger partial charge in [0, 0.05) is 13.1 Å². The Labute approximate surface area is 104 Å². The third-order valence-electron chi connectivity index (χ3n) is 3.48. The molecule has 94 valence electrons. The number of hydrogen-bond donors (Lipinski definition) is 0. The van der Waals surface area contributed by atoms with Crippen molar-refractivity contribution in [3.05, 3.63) is 35.9 Å². The standard InChI is InChI=1S/C13H19NO2S/c1-2-17(15,16)14-10-8-13(9-11-14)12-6-4-3-5-7-12/h3-7,13H,2,8-11H2,1H3. The molecule has 1 aromatic carbocycles. The molecule has 4 heteroatoms. The third kappa shape index (κ3) is 2.87. The van der Waals surface area contributed by atoms with E-state index < -0.39 is 10.0 Å². The molecule has 0 radical (unpaired) electrons. The van der Waals surface area contributed by atoms with Crippen LogP contribution >= 0.6 is 0 Å². The lowest BCUT2D eigenvalue weighted by Gasteiger charge is -2.31. The van der Waals surface area contributed by atoms with Crippen molar-refractivity contribution in [1.29, 1.82) is 0 Å². The highest BCUT2D eigenvalue weighted by Gasteiger charge is 2.27. The number of benzene rings is 1. The predicted octanol–water partition coefficient (Wildman–Crippen LogP) is 2.22. The number of rotatable bonds is 3. The first-order chi connectivity index (χ1) is 8.13. The number of piperidine rings is 1. The summed E-state index contributed by atoms with van der Waals surface area (Å²) in [6.45, 7) is 3.03. The molecule has 0 N–H and O–H groups in total. The van der Waals surface area contributed by atoms with Gasteiger partial charge in [-0.15, -0.1) is 0 Å². The molecule has 0 aliphatic carbocycles. The van der Waals surface area contributed by atoms with Gasteiger partial charge in [0.05, 0.1) is 5.75 Å². The summed E-state index contributed by atoms with van der Waals surface area (Å²) in [7, 11) is -2.99. The molecular formula is C13H19NO2S. The maximum absolute atomic E-state index is 11.7. The van der Waals surface area contributed by atoms with Crippen LogP contribution in [0.1, 0.15) is 31.2 Å². The Morgan fingerprint density at radius 3 is 2.29 bits per heavy atom. The molecule has 1 aliphatic rings. The molecule has 1 saturated heterocycles. The van der Waals surface area contributed by atoms with Gasteiger partial charge in [0.25, 0.3) is 0 Å². The van der Waals surface area contributed by atoms with E-state index in [1.54, 1.807) is 11.2 Å². The van der Waals surface area contributed by atoms with Crippen molar-refractivity contribution in [2.75, 3.05) is 18.8 Å². The monoisotopic (exact) mass is 253 g/mol. The van der Waals surface area contributed by atoms with E-state index in [2.05, 4.69) is 12.1 Å². The molecule has 3 nitrogen and oxygen atoms in total. The summed E-state index contributed by atoms with van der Waals surface area (Å²) in [5.74, 6) is 0.725. The van der Waals surface area contributed by atoms with Crippen molar-refractivity contribution >= 4 is 10.0 Å². The second-order valence-corrected chi connectivity index (χ2v) is 6.74. The van der Waals surface area contributed by atoms with Crippen LogP contribution in [0.5, 0.6) is 0 Å². The fourth-order valence-corrected chi connectivity index (χ4v) is 3.51. The van der Waals surface area contributed by atoms with E-state index in [1.807, 2.05) is 18.2 Å². The number of nitrogens with zero attached hydrogens (tertiary/aromatic N) is 1. The zero-order valence-corrected chi connectivity index (χ0v) is 11.0. The van der Waals surface area contributed by atoms with Gasteiger partial charge < -0.3 is 0 Å². The fraction of sp³-hybridized carbons (Fsp3) is 0.538. The highest BCUT2D eigenvalue weighted by Crippen LogP contribution is 2.28. The second kappa shape index (κ2) is 5.19. The van der Waals surface area contributed by atoms with Gasteiger partial charge in [0.1, 0.15) is 0 Å². The highest BCUT2D eigenvalue weighted by molar-refractivity contribution is 7.89. The average Bonchev–Trinajstić information content (AvgIpc) is 2.40. The van der Waals surface area contributed by atoms with Crippen molar-refractivity contribution in [3.8, 4) is 0 Å². The van der Waals surface area contributed by atoms with Gasteiger partial charge in [-0.1, -0.05) is 30.3 Å². The molecule has 1 fully saturated rings. The molecule has 1 heterocycles. The molecule has 0 aromatic heterocycles. The summed E-state index contributed by atoms with van der Waals surface area (Å²) in [6, 6.07) is 10.4. The smallest absolute Gasteiger partial charge is 0.212 e. The van der Waals surface area contributed by atoms with Crippen LogP contribution in [0.2, 0.25) is 0 Å². The van der Waals surface area contributed by atoms with Gasteiger partial charge in [-0.05, 0) is 31.2 Å². The third-order valence-corrected chi connectivity index (χ3v) is 5.36. The second-order valence-electron chi connectivity index (χ2n) is 4.48. The van der Waals surface area contributed by atoms with Gasteiger partial charge in [0.15, 0.2) is 0 Å². The summed E-state index contributed by atoms with van der Waals surface area (Å²) in [4.78, 5) is 0. The molecule has 17 heavy (non-hydrogen) atoms. The molecular weight excluding hydrogens is 234 g/mol. The average molecular weight is 253 g/mol. The molecule has 2 rings (SSSR count). The van der Waals surface area contributed by atoms with E-state index in [1.165, 1.54) is 5.56 Å². The predicted molar refractivity (Wildman–Crippen MR) is 69.5 cm³/mol. The van der Waals surface area contributed by atoms with E-state index in [-0.39, 0.29) is 5.75 Å². The summed E-state index contributed by atoms with van der Waals surface area (Å²) in [6.07, 6.45) is 1.87. The van der Waals surface area contributed by atoms with Crippen LogP contribution in [0.3, 0.4) is 0 Å². The Bertz CT molecular complexity index is 448. The van der Waals surface area contributed by atoms with Crippen LogP contribution in [0.25, 0.3) is 0 Å². The van der Waals surface area contributed by atoms with E-state index in [0.29, 0.717) is 19.0 Å². The summed E-state index contributed by atoms with van der Waals surface area (Å²) < 4.78 is 25.1. The zero-order valence-electron chi connectivity index (χ0n) is 10.2. The van der Waals surface area contributed by atoms with Gasteiger partial charge in [-0.25, -0.2) is 12.7 Å². The van der Waals surface area contributed by atoms with Crippen LogP contribution in [0, 0.1) is 0 Å². The van der Waals surface area contributed by atoms with E-state index in [0.717, 1.165) is 12.8 Å². The Balaban J connectivity index is 2.00. The topological polar surface area (TPSA) is 37.4 Å². The van der Waals surface area contributed by atoms with E-state index >= 15 is 0 Å². The van der Waals surface area contributed by atoms with Gasteiger partial charge in [-0.3, -0.25) is 0 Å². The Kier molecular flexibility index (Phi) is 3.84. The lowest BCUT2D eigenvalue weighted by molar-refractivity contribution is 0.320. The molecule has 0 bridgehead atoms. The number of hydrogen-bond acceptors (Lipinski definition) is 2. The first-order valence-electron chi connectivity index (χ1n) is 6.16. The quantitative estimate of drug-likeness (QED) is 0.828. The molecule has 0 unspecified atom stereocenters. The van der Waals surface area contributed by atoms with Crippen LogP contribution < -0.4 is 0 Å². The number of sulfonamides is 1. The molecule has 1 aromatic rings. The van der Waals surface area contributed by atoms with Crippen molar-refractivity contribution in [3.63, 3.8) is 0 Å². The lowest BCUT2D eigenvalue weighted by atomic mass is 9.90. The molecule has 1 aliphatic heterocycles. The minimum atomic E-state index is -2.99. The van der Waals surface area contributed by atoms with Crippen LogP contribution in [0.15, 0.2) is 30.3 Å². The van der Waals surface area contributed by atoms with Crippen LogP contribution in [-0.4, -0.2) is 31.6 Å². The maximum atomic E-state index is 11.7. The summed E-state index contributed by atoms with van der Waals surface area (Å²) in [5.41, 5.74) is 1.33. The molecule has 0 atom stereocenters. The van der Waals surface area contributed by atoms with Crippen molar-refractivity contribution < 1.29 is 8.42 Å². The highest BCUT2D eigenvalue weighted by atomic mass is 32.2. The lowest BCUT2D eigenvalue weighted by Crippen LogP contribution is -2.38. The molecule has 0 saturated carbocycles. The maximum Gasteiger partial charge on any atom is 0.213 e. The van der Waals surface area contributed by atoms with Gasteiger partial charge >= 0.3 is 0 Å². The minimum absolute atomic E-state index is 0.211. The SMILES string of the molecule is CCS(=O)(=O)N1CCC(c2ccccc2)CC1. The van der Waals surface area contributed by atoms with Crippen molar-refractivity contribution in [2.45, 2.75) is 25.7 Å². The van der Waals surface area contributed by atoms with Gasteiger partial charge in [-0.2, -0.15) is 0 Å². The first-order valence-corrected chi connectivity index (χ1v) is 7.77. The summed E-state index contributed by atoms with van der Waals surface area (Å²) >= 11 is 0. The van der Waals surface area contributed by atoms with E-state index in [9.17, 15) is 8.42 Å². The van der Waals surface area contributed by atoms with Crippen LogP contribution in [0.4, 0.5) is 0 Å². The van der Waals surface area contributed by atoms with Gasteiger partial charge in [0.2, 0.25) is 10.0 Å². The normalized spacial score (nSPS) is 19.4. The summed E-state index contributed by atoms with van der Waals surface area (Å²) in [5, 5.41) is 0. The molecule has 0 amide bonds. The zero-order chi connectivity index (χ0) is 12.3. The largest absolute Gasteiger partial charge is 0.213 e. The first kappa shape index (κ1) is 12.6. The van der Waals surface area contributed by atoms with Crippen molar-refractivity contribution in [2.24, 2.45) is 0 Å². The van der Waals surface area contributed by atoms with Crippen molar-refractivity contribution in [1.82, 2.24) is 4.31 Å². The Morgan fingerprint density at radius 2 is 1.76 bits per heavy atom. The Morgan fingerprint density at radius 1 is 1.18 bits per heavy atom. The minimum Gasteiger partial charge on any atom is -0.212 e. The fourth-order valence-electron chi connectivity index (χ4n) is 2.38. The molecule has 0 spiro atoms. The Hall–Kier alpha value is -0.870. The van der Waals surface area contributed by atoms with E-state index in [4.69, 9.17) is 0 Å². The van der Waals surface area contributed by atoms with Crippen LogP contribution in [-0.2, 0) is 10.0 Å².